The molecule has 162 valence electrons. The van der Waals surface area contributed by atoms with E-state index < -0.39 is 16.0 Å². The number of fused-ring (bicyclic) bond motifs is 1. The van der Waals surface area contributed by atoms with Crippen molar-refractivity contribution in [2.75, 3.05) is 24.9 Å². The Balaban J connectivity index is 1.80. The van der Waals surface area contributed by atoms with Gasteiger partial charge in [0.05, 0.1) is 17.9 Å². The first kappa shape index (κ1) is 20.9. The van der Waals surface area contributed by atoms with Crippen molar-refractivity contribution in [3.05, 3.63) is 30.1 Å². The van der Waals surface area contributed by atoms with Gasteiger partial charge >= 0.3 is 0 Å². The first-order valence-electron chi connectivity index (χ1n) is 10.2. The predicted molar refractivity (Wildman–Crippen MR) is 115 cm³/mol. The topological polar surface area (TPSA) is 84.7 Å². The SMILES string of the molecule is CC(=O)N1c2ccc(-c3cnn(C4CC4)c3)c(OCS(=O)(=O)N(C)C)c2CC[C@@H]1C. The van der Waals surface area contributed by atoms with Crippen LogP contribution >= 0.6 is 0 Å². The van der Waals surface area contributed by atoms with Gasteiger partial charge in [0.1, 0.15) is 5.75 Å². The molecule has 30 heavy (non-hydrogen) atoms. The molecule has 9 heteroatoms. The van der Waals surface area contributed by atoms with Gasteiger partial charge in [-0.3, -0.25) is 9.48 Å². The minimum absolute atomic E-state index is 0.0374. The Bertz CT molecular complexity index is 1070. The number of anilines is 1. The van der Waals surface area contributed by atoms with Gasteiger partial charge in [-0.25, -0.2) is 12.7 Å². The molecule has 1 saturated carbocycles. The Morgan fingerprint density at radius 3 is 2.63 bits per heavy atom. The fourth-order valence-corrected chi connectivity index (χ4v) is 4.41. The molecular formula is C21H28N4O4S. The number of rotatable bonds is 6. The van der Waals surface area contributed by atoms with Crippen LogP contribution < -0.4 is 9.64 Å². The molecule has 2 aromatic rings. The normalized spacial score (nSPS) is 19.1. The molecule has 0 unspecified atom stereocenters. The zero-order valence-electron chi connectivity index (χ0n) is 17.8. The highest BCUT2D eigenvalue weighted by Crippen LogP contribution is 2.44. The van der Waals surface area contributed by atoms with Crippen molar-refractivity contribution >= 4 is 21.6 Å². The van der Waals surface area contributed by atoms with Gasteiger partial charge < -0.3 is 9.64 Å². The number of hydrogen-bond donors (Lipinski definition) is 0. The van der Waals surface area contributed by atoms with Crippen molar-refractivity contribution in [3.63, 3.8) is 0 Å². The van der Waals surface area contributed by atoms with Crippen LogP contribution in [0.25, 0.3) is 11.1 Å². The highest BCUT2D eigenvalue weighted by Gasteiger charge is 2.31. The summed E-state index contributed by atoms with van der Waals surface area (Å²) in [7, 11) is -0.581. The van der Waals surface area contributed by atoms with Crippen LogP contribution in [0.15, 0.2) is 24.5 Å². The molecule has 1 aliphatic heterocycles. The summed E-state index contributed by atoms with van der Waals surface area (Å²) in [6.45, 7) is 3.57. The average Bonchev–Trinajstić information content (AvgIpc) is 3.42. The fraction of sp³-hybridized carbons (Fsp3) is 0.524. The molecule has 0 radical (unpaired) electrons. The summed E-state index contributed by atoms with van der Waals surface area (Å²) in [4.78, 5) is 14.1. The van der Waals surface area contributed by atoms with Gasteiger partial charge in [0.15, 0.2) is 0 Å². The number of carbonyl (C=O) groups excluding carboxylic acids is 1. The van der Waals surface area contributed by atoms with Crippen LogP contribution in [0.2, 0.25) is 0 Å². The summed E-state index contributed by atoms with van der Waals surface area (Å²) in [5.74, 6) is 0.0200. The second kappa shape index (κ2) is 7.70. The van der Waals surface area contributed by atoms with Crippen molar-refractivity contribution in [3.8, 4) is 16.9 Å². The van der Waals surface area contributed by atoms with Crippen LogP contribution in [0.3, 0.4) is 0 Å². The first-order valence-corrected chi connectivity index (χ1v) is 11.8. The molecule has 0 bridgehead atoms. The maximum Gasteiger partial charge on any atom is 0.248 e. The maximum absolute atomic E-state index is 12.4. The molecule has 2 heterocycles. The van der Waals surface area contributed by atoms with E-state index >= 15 is 0 Å². The molecule has 1 aromatic carbocycles. The van der Waals surface area contributed by atoms with E-state index in [1.54, 1.807) is 18.0 Å². The Labute approximate surface area is 177 Å². The van der Waals surface area contributed by atoms with E-state index in [-0.39, 0.29) is 11.9 Å². The van der Waals surface area contributed by atoms with E-state index in [9.17, 15) is 13.2 Å². The molecule has 0 saturated heterocycles. The van der Waals surface area contributed by atoms with Crippen molar-refractivity contribution in [1.82, 2.24) is 14.1 Å². The number of ether oxygens (including phenoxy) is 1. The van der Waals surface area contributed by atoms with Crippen molar-refractivity contribution in [1.29, 1.82) is 0 Å². The number of hydrogen-bond acceptors (Lipinski definition) is 5. The minimum Gasteiger partial charge on any atom is -0.475 e. The van der Waals surface area contributed by atoms with Gasteiger partial charge in [-0.1, -0.05) is 0 Å². The number of nitrogens with zero attached hydrogens (tertiary/aromatic N) is 4. The van der Waals surface area contributed by atoms with Crippen molar-refractivity contribution in [2.24, 2.45) is 0 Å². The Kier molecular flexibility index (Phi) is 5.36. The lowest BCUT2D eigenvalue weighted by atomic mass is 9.92. The third kappa shape index (κ3) is 3.83. The Morgan fingerprint density at radius 2 is 2.00 bits per heavy atom. The third-order valence-electron chi connectivity index (χ3n) is 5.83. The van der Waals surface area contributed by atoms with E-state index in [4.69, 9.17) is 4.74 Å². The summed E-state index contributed by atoms with van der Waals surface area (Å²) in [6, 6.07) is 4.36. The lowest BCUT2D eigenvalue weighted by Crippen LogP contribution is -2.41. The van der Waals surface area contributed by atoms with Gasteiger partial charge in [0.25, 0.3) is 0 Å². The first-order chi connectivity index (χ1) is 14.2. The third-order valence-corrected chi connectivity index (χ3v) is 7.36. The second-order valence-corrected chi connectivity index (χ2v) is 10.4. The fourth-order valence-electron chi connectivity index (χ4n) is 3.93. The lowest BCUT2D eigenvalue weighted by Gasteiger charge is -2.36. The van der Waals surface area contributed by atoms with Crippen LogP contribution in [0.5, 0.6) is 5.75 Å². The summed E-state index contributed by atoms with van der Waals surface area (Å²) in [5.41, 5.74) is 3.34. The molecule has 1 atom stereocenters. The molecule has 1 amide bonds. The quantitative estimate of drug-likeness (QED) is 0.701. The number of amides is 1. The highest BCUT2D eigenvalue weighted by molar-refractivity contribution is 7.88. The molecular weight excluding hydrogens is 404 g/mol. The Hall–Kier alpha value is -2.39. The smallest absolute Gasteiger partial charge is 0.248 e. The molecule has 8 nitrogen and oxygen atoms in total. The standard InChI is InChI=1S/C21H28N4O4S/c1-14-5-8-19-20(25(14)15(2)26)10-9-18(16-11-22-24(12-16)17-6-7-17)21(19)29-13-30(27,28)23(3)4/h9-12,14,17H,5-8,13H2,1-4H3/t14-/m0/s1. The second-order valence-electron chi connectivity index (χ2n) is 8.31. The summed E-state index contributed by atoms with van der Waals surface area (Å²) < 4.78 is 33.8. The molecule has 2 aliphatic rings. The maximum atomic E-state index is 12.4. The van der Waals surface area contributed by atoms with Crippen LogP contribution in [-0.2, 0) is 21.2 Å². The zero-order chi connectivity index (χ0) is 21.6. The van der Waals surface area contributed by atoms with E-state index in [2.05, 4.69) is 5.10 Å². The summed E-state index contributed by atoms with van der Waals surface area (Å²) >= 11 is 0. The summed E-state index contributed by atoms with van der Waals surface area (Å²) in [6.07, 6.45) is 7.53. The lowest BCUT2D eigenvalue weighted by molar-refractivity contribution is -0.117. The molecule has 1 aromatic heterocycles. The van der Waals surface area contributed by atoms with E-state index in [1.807, 2.05) is 29.9 Å². The number of aromatic nitrogens is 2. The largest absolute Gasteiger partial charge is 0.475 e. The van der Waals surface area contributed by atoms with Crippen LogP contribution in [0, 0.1) is 0 Å². The van der Waals surface area contributed by atoms with E-state index in [0.717, 1.165) is 45.9 Å². The molecule has 4 rings (SSSR count). The van der Waals surface area contributed by atoms with Crippen LogP contribution in [-0.4, -0.2) is 54.5 Å². The number of sulfonamides is 1. The van der Waals surface area contributed by atoms with E-state index in [1.165, 1.54) is 14.1 Å². The molecule has 0 N–H and O–H groups in total. The predicted octanol–water partition coefficient (Wildman–Crippen LogP) is 2.80. The van der Waals surface area contributed by atoms with Gasteiger partial charge in [-0.05, 0) is 44.7 Å². The minimum atomic E-state index is -3.55. The van der Waals surface area contributed by atoms with E-state index in [0.29, 0.717) is 18.2 Å². The monoisotopic (exact) mass is 432 g/mol. The summed E-state index contributed by atoms with van der Waals surface area (Å²) in [5, 5.41) is 4.47. The molecule has 0 spiro atoms. The highest BCUT2D eigenvalue weighted by atomic mass is 32.2. The van der Waals surface area contributed by atoms with Crippen molar-refractivity contribution < 1.29 is 17.9 Å². The molecule has 1 aliphatic carbocycles. The molecule has 1 fully saturated rings. The average molecular weight is 433 g/mol. The van der Waals surface area contributed by atoms with Gasteiger partial charge in [0, 0.05) is 49.9 Å². The van der Waals surface area contributed by atoms with Crippen LogP contribution in [0.4, 0.5) is 5.69 Å². The van der Waals surface area contributed by atoms with Gasteiger partial charge in [-0.15, -0.1) is 0 Å². The van der Waals surface area contributed by atoms with Crippen molar-refractivity contribution in [2.45, 2.75) is 51.6 Å². The number of carbonyl (C=O) groups is 1. The van der Waals surface area contributed by atoms with Gasteiger partial charge in [-0.2, -0.15) is 5.10 Å². The Morgan fingerprint density at radius 1 is 1.27 bits per heavy atom. The van der Waals surface area contributed by atoms with Gasteiger partial charge in [0.2, 0.25) is 21.9 Å². The number of benzene rings is 1. The zero-order valence-corrected chi connectivity index (χ0v) is 18.6. The van der Waals surface area contributed by atoms with Crippen LogP contribution in [0.1, 0.15) is 44.7 Å².